The van der Waals surface area contributed by atoms with Crippen molar-refractivity contribution < 1.29 is 31.4 Å². The zero-order valence-electron chi connectivity index (χ0n) is 25.1. The van der Waals surface area contributed by atoms with E-state index in [0.29, 0.717) is 25.3 Å². The maximum atomic E-state index is 16.8. The van der Waals surface area contributed by atoms with Crippen LogP contribution in [0.5, 0.6) is 11.9 Å². The number of anilines is 2. The third kappa shape index (κ3) is 4.73. The summed E-state index contributed by atoms with van der Waals surface area (Å²) in [6.07, 6.45) is -1.41. The van der Waals surface area contributed by atoms with Crippen molar-refractivity contribution in [1.29, 1.82) is 0 Å². The summed E-state index contributed by atoms with van der Waals surface area (Å²) in [5.41, 5.74) is 2.01. The molecule has 1 unspecified atom stereocenters. The molecule has 2 N–H and O–H groups in total. The van der Waals surface area contributed by atoms with Crippen LogP contribution in [-0.2, 0) is 6.18 Å². The number of ether oxygens (including phenoxy) is 2. The molecule has 46 heavy (non-hydrogen) atoms. The van der Waals surface area contributed by atoms with Gasteiger partial charge in [0.25, 0.3) is 0 Å². The quantitative estimate of drug-likeness (QED) is 0.272. The highest BCUT2D eigenvalue weighted by Gasteiger charge is 2.54. The Morgan fingerprint density at radius 1 is 1.15 bits per heavy atom. The lowest BCUT2D eigenvalue weighted by Gasteiger charge is -2.43. The van der Waals surface area contributed by atoms with Gasteiger partial charge in [0.1, 0.15) is 41.8 Å². The molecular formula is C31H33ClF5N7O2. The topological polar surface area (TPSA) is 92.9 Å². The first-order chi connectivity index (χ1) is 21.9. The first kappa shape index (κ1) is 30.1. The van der Waals surface area contributed by atoms with E-state index in [1.807, 2.05) is 7.05 Å². The minimum Gasteiger partial charge on any atom is -0.475 e. The van der Waals surface area contributed by atoms with E-state index >= 15 is 4.39 Å². The van der Waals surface area contributed by atoms with Crippen molar-refractivity contribution in [1.82, 2.24) is 24.8 Å². The fourth-order valence-electron chi connectivity index (χ4n) is 7.75. The van der Waals surface area contributed by atoms with Crippen molar-refractivity contribution in [2.45, 2.75) is 68.0 Å². The van der Waals surface area contributed by atoms with Gasteiger partial charge in [0.2, 0.25) is 5.88 Å². The molecule has 1 aliphatic carbocycles. The Hall–Kier alpha value is -3.23. The molecule has 1 spiro atoms. The van der Waals surface area contributed by atoms with E-state index in [1.54, 1.807) is 0 Å². The first-order valence-electron chi connectivity index (χ1n) is 15.6. The maximum Gasteiger partial charge on any atom is 0.418 e. The van der Waals surface area contributed by atoms with Crippen molar-refractivity contribution in [3.05, 3.63) is 28.5 Å². The van der Waals surface area contributed by atoms with Crippen molar-refractivity contribution >= 4 is 34.0 Å². The Kier molecular flexibility index (Phi) is 6.80. The van der Waals surface area contributed by atoms with Crippen LogP contribution in [0.3, 0.4) is 0 Å². The van der Waals surface area contributed by atoms with Crippen LogP contribution < -0.4 is 20.1 Å². The van der Waals surface area contributed by atoms with Gasteiger partial charge in [-0.25, -0.2) is 13.8 Å². The van der Waals surface area contributed by atoms with E-state index < -0.39 is 51.1 Å². The standard InChI is InChI=1S/C31H33ClF5N7O2/c1-42-8-3-18(42)13-44-26-21-25(40-28(41-26)46-15-30-4-2-7-43(30)12-16(33)11-30)23(34)24(39-27(21)45-14-29(44)5-6-29)19-9-17(38)10-20(32)22(19)31(35,36)37/h9-10,16,18H,2-8,11-15,38H2,1H3/t16-,18?,30+/m1/s1. The number of pyridine rings is 1. The second-order valence-electron chi connectivity index (χ2n) is 13.5. The number of likely N-dealkylation sites (N-methyl/N-ethyl adjacent to an activating group) is 1. The summed E-state index contributed by atoms with van der Waals surface area (Å²) in [5, 5.41) is -0.521. The van der Waals surface area contributed by atoms with Crippen LogP contribution in [0.2, 0.25) is 5.02 Å². The molecule has 246 valence electrons. The van der Waals surface area contributed by atoms with Crippen molar-refractivity contribution in [3.8, 4) is 23.1 Å². The number of fused-ring (bicyclic) bond motifs is 1. The largest absolute Gasteiger partial charge is 0.475 e. The van der Waals surface area contributed by atoms with E-state index in [-0.39, 0.29) is 47.7 Å². The van der Waals surface area contributed by atoms with E-state index in [0.717, 1.165) is 57.3 Å². The lowest BCUT2D eigenvalue weighted by molar-refractivity contribution is -0.137. The molecule has 1 aromatic carbocycles. The van der Waals surface area contributed by atoms with Gasteiger partial charge >= 0.3 is 12.2 Å². The summed E-state index contributed by atoms with van der Waals surface area (Å²) in [6, 6.07) is 2.05. The number of hydrogen-bond donors (Lipinski definition) is 1. The third-order valence-corrected chi connectivity index (χ3v) is 10.9. The van der Waals surface area contributed by atoms with Crippen LogP contribution in [0, 0.1) is 5.82 Å². The number of aromatic nitrogens is 3. The minimum absolute atomic E-state index is 0.0769. The van der Waals surface area contributed by atoms with Gasteiger partial charge in [-0.3, -0.25) is 4.90 Å². The molecule has 15 heteroatoms. The predicted molar refractivity (Wildman–Crippen MR) is 162 cm³/mol. The number of halogens is 6. The highest BCUT2D eigenvalue weighted by molar-refractivity contribution is 6.32. The Morgan fingerprint density at radius 3 is 2.65 bits per heavy atom. The van der Waals surface area contributed by atoms with Crippen molar-refractivity contribution in [3.63, 3.8) is 0 Å². The monoisotopic (exact) mass is 665 g/mol. The zero-order chi connectivity index (χ0) is 32.2. The van der Waals surface area contributed by atoms with E-state index in [4.69, 9.17) is 31.8 Å². The average Bonchev–Trinajstić information content (AvgIpc) is 3.60. The summed E-state index contributed by atoms with van der Waals surface area (Å²) >= 11 is 6.03. The van der Waals surface area contributed by atoms with Gasteiger partial charge in [0, 0.05) is 36.8 Å². The lowest BCUT2D eigenvalue weighted by Crippen LogP contribution is -2.55. The van der Waals surface area contributed by atoms with Crippen LogP contribution in [0.25, 0.3) is 22.2 Å². The van der Waals surface area contributed by atoms with E-state index in [9.17, 15) is 17.6 Å². The van der Waals surface area contributed by atoms with E-state index in [2.05, 4.69) is 24.7 Å². The Bertz CT molecular complexity index is 1740. The maximum absolute atomic E-state index is 16.8. The summed E-state index contributed by atoms with van der Waals surface area (Å²) in [6.45, 7) is 2.90. The molecule has 5 aliphatic rings. The number of likely N-dealkylation sites (tertiary alicyclic amines) is 1. The van der Waals surface area contributed by atoms with Crippen LogP contribution in [0.15, 0.2) is 12.1 Å². The molecule has 3 aromatic rings. The van der Waals surface area contributed by atoms with Gasteiger partial charge in [0.05, 0.1) is 21.7 Å². The summed E-state index contributed by atoms with van der Waals surface area (Å²) < 4.78 is 86.6. The molecule has 4 aliphatic heterocycles. The van der Waals surface area contributed by atoms with Crippen LogP contribution >= 0.6 is 11.6 Å². The Labute approximate surface area is 266 Å². The van der Waals surface area contributed by atoms with E-state index in [1.165, 1.54) is 0 Å². The molecule has 3 saturated heterocycles. The number of nitrogen functional groups attached to an aromatic ring is 1. The molecule has 2 aromatic heterocycles. The number of benzene rings is 1. The first-order valence-corrected chi connectivity index (χ1v) is 16.0. The minimum atomic E-state index is -4.94. The number of hydrogen-bond acceptors (Lipinski definition) is 9. The highest BCUT2D eigenvalue weighted by atomic mass is 35.5. The second-order valence-corrected chi connectivity index (χ2v) is 13.9. The molecule has 9 nitrogen and oxygen atoms in total. The van der Waals surface area contributed by atoms with Crippen LogP contribution in [-0.4, -0.2) is 94.5 Å². The molecule has 4 fully saturated rings. The van der Waals surface area contributed by atoms with Gasteiger partial charge in [-0.05, 0) is 64.4 Å². The molecule has 3 atom stereocenters. The summed E-state index contributed by atoms with van der Waals surface area (Å²) in [7, 11) is 2.04. The van der Waals surface area contributed by atoms with Gasteiger partial charge < -0.3 is 25.0 Å². The summed E-state index contributed by atoms with van der Waals surface area (Å²) in [5.74, 6) is -0.826. The highest BCUT2D eigenvalue weighted by Crippen LogP contribution is 2.52. The SMILES string of the molecule is CN1CCC1CN1c2nc(OC[C@@]34CCCN3C[C@H](F)C4)nc3c(F)c(-c4cc(N)cc(Cl)c4C(F)(F)F)nc(c23)OCC12CC2. The fraction of sp³-hybridized carbons (Fsp3) is 0.581. The number of alkyl halides is 4. The molecule has 0 amide bonds. The molecule has 6 heterocycles. The Balaban J connectivity index is 1.31. The van der Waals surface area contributed by atoms with Gasteiger partial charge in [0.15, 0.2) is 5.82 Å². The number of nitrogens with two attached hydrogens (primary N) is 1. The fourth-order valence-corrected chi connectivity index (χ4v) is 8.09. The molecular weight excluding hydrogens is 633 g/mol. The third-order valence-electron chi connectivity index (χ3n) is 10.6. The molecule has 8 rings (SSSR count). The zero-order valence-corrected chi connectivity index (χ0v) is 25.9. The van der Waals surface area contributed by atoms with Gasteiger partial charge in [-0.15, -0.1) is 0 Å². The normalized spacial score (nSPS) is 27.1. The predicted octanol–water partition coefficient (Wildman–Crippen LogP) is 5.48. The summed E-state index contributed by atoms with van der Waals surface area (Å²) in [4.78, 5) is 20.0. The molecule has 0 radical (unpaired) electrons. The Morgan fingerprint density at radius 2 is 1.96 bits per heavy atom. The van der Waals surface area contributed by atoms with Crippen molar-refractivity contribution in [2.24, 2.45) is 0 Å². The number of nitrogens with zero attached hydrogens (tertiary/aromatic N) is 6. The van der Waals surface area contributed by atoms with Gasteiger partial charge in [-0.1, -0.05) is 11.6 Å². The number of rotatable bonds is 6. The molecule has 1 saturated carbocycles. The second kappa shape index (κ2) is 10.4. The lowest BCUT2D eigenvalue weighted by atomic mass is 9.95. The van der Waals surface area contributed by atoms with Crippen molar-refractivity contribution in [2.75, 3.05) is 57.1 Å². The molecule has 0 bridgehead atoms. The average molecular weight is 666 g/mol. The van der Waals surface area contributed by atoms with Gasteiger partial charge in [-0.2, -0.15) is 23.1 Å². The van der Waals surface area contributed by atoms with Crippen LogP contribution in [0.4, 0.5) is 33.5 Å². The van der Waals surface area contributed by atoms with Crippen LogP contribution in [0.1, 0.15) is 44.1 Å². The smallest absolute Gasteiger partial charge is 0.418 e.